The number of nitriles is 1. The third-order valence-corrected chi connectivity index (χ3v) is 2.35. The lowest BCUT2D eigenvalue weighted by atomic mass is 10.1. The molecule has 0 aliphatic carbocycles. The minimum atomic E-state index is 0.135. The molecule has 0 aliphatic rings. The van der Waals surface area contributed by atoms with E-state index in [0.29, 0.717) is 6.29 Å². The number of carbonyl (C=O) groups is 1. The van der Waals surface area contributed by atoms with Crippen molar-refractivity contribution in [3.8, 4) is 6.07 Å². The monoisotopic (exact) mass is 207 g/mol. The normalized spacial score (nSPS) is 11.1. The van der Waals surface area contributed by atoms with Crippen LogP contribution in [-0.4, -0.2) is 6.29 Å². The number of nitrogens with zero attached hydrogens (tertiary/aromatic N) is 1. The molecule has 0 aromatic heterocycles. The maximum absolute atomic E-state index is 10.5. The first-order chi connectivity index (χ1) is 7.83. The van der Waals surface area contributed by atoms with E-state index in [9.17, 15) is 4.79 Å². The molecule has 2 aromatic rings. The first kappa shape index (κ1) is 10.1. The number of hydrogen-bond acceptors (Lipinski definition) is 2. The SMILES string of the molecule is N#C/C(C=O)=C\c1ccc2ccccc2c1. The van der Waals surface area contributed by atoms with Crippen LogP contribution in [0.2, 0.25) is 0 Å². The molecule has 0 amide bonds. The Morgan fingerprint density at radius 2 is 1.88 bits per heavy atom. The van der Waals surface area contributed by atoms with E-state index in [0.717, 1.165) is 16.3 Å². The second kappa shape index (κ2) is 4.41. The van der Waals surface area contributed by atoms with Crippen molar-refractivity contribution in [1.82, 2.24) is 0 Å². The molecule has 2 rings (SSSR count). The fourth-order valence-corrected chi connectivity index (χ4v) is 1.57. The maximum Gasteiger partial charge on any atom is 0.160 e. The smallest absolute Gasteiger partial charge is 0.160 e. The van der Waals surface area contributed by atoms with Gasteiger partial charge in [-0.15, -0.1) is 0 Å². The lowest BCUT2D eigenvalue weighted by molar-refractivity contribution is -0.104. The topological polar surface area (TPSA) is 40.9 Å². The van der Waals surface area contributed by atoms with Gasteiger partial charge < -0.3 is 0 Å². The fourth-order valence-electron chi connectivity index (χ4n) is 1.57. The number of rotatable bonds is 2. The van der Waals surface area contributed by atoms with Gasteiger partial charge in [-0.05, 0) is 28.5 Å². The molecule has 0 spiro atoms. The quantitative estimate of drug-likeness (QED) is 0.431. The zero-order chi connectivity index (χ0) is 11.4. The van der Waals surface area contributed by atoms with Crippen molar-refractivity contribution < 1.29 is 4.79 Å². The molecule has 0 saturated heterocycles. The largest absolute Gasteiger partial charge is 0.297 e. The number of allylic oxidation sites excluding steroid dienone is 1. The Morgan fingerprint density at radius 1 is 1.12 bits per heavy atom. The summed E-state index contributed by atoms with van der Waals surface area (Å²) in [5.41, 5.74) is 0.998. The molecule has 0 saturated carbocycles. The van der Waals surface area contributed by atoms with E-state index in [1.165, 1.54) is 0 Å². The highest BCUT2D eigenvalue weighted by Gasteiger charge is 1.96. The third kappa shape index (κ3) is 1.99. The van der Waals surface area contributed by atoms with Crippen molar-refractivity contribution in [2.75, 3.05) is 0 Å². The molecule has 2 heteroatoms. The number of fused-ring (bicyclic) bond motifs is 1. The first-order valence-electron chi connectivity index (χ1n) is 4.89. The molecule has 0 unspecified atom stereocenters. The van der Waals surface area contributed by atoms with Crippen LogP contribution in [-0.2, 0) is 4.79 Å². The van der Waals surface area contributed by atoms with Gasteiger partial charge in [-0.2, -0.15) is 5.26 Å². The van der Waals surface area contributed by atoms with E-state index in [2.05, 4.69) is 0 Å². The van der Waals surface area contributed by atoms with Gasteiger partial charge >= 0.3 is 0 Å². The standard InChI is InChI=1S/C14H9NO/c15-9-12(10-16)7-11-5-6-13-3-1-2-4-14(13)8-11/h1-8,10H/b12-7+. The van der Waals surface area contributed by atoms with Gasteiger partial charge in [0.2, 0.25) is 0 Å². The van der Waals surface area contributed by atoms with Crippen LogP contribution in [0.4, 0.5) is 0 Å². The molecular weight excluding hydrogens is 198 g/mol. The number of aldehydes is 1. The number of carbonyl (C=O) groups excluding carboxylic acids is 1. The summed E-state index contributed by atoms with van der Waals surface area (Å²) in [6, 6.07) is 15.6. The minimum absolute atomic E-state index is 0.135. The average molecular weight is 207 g/mol. The Hall–Kier alpha value is -2.40. The number of hydrogen-bond donors (Lipinski definition) is 0. The molecule has 0 bridgehead atoms. The van der Waals surface area contributed by atoms with Crippen LogP contribution in [0.1, 0.15) is 5.56 Å². The summed E-state index contributed by atoms with van der Waals surface area (Å²) >= 11 is 0. The van der Waals surface area contributed by atoms with Gasteiger partial charge in [0.15, 0.2) is 6.29 Å². The third-order valence-electron chi connectivity index (χ3n) is 2.35. The van der Waals surface area contributed by atoms with Crippen molar-refractivity contribution in [3.63, 3.8) is 0 Å². The predicted molar refractivity (Wildman–Crippen MR) is 63.6 cm³/mol. The van der Waals surface area contributed by atoms with E-state index in [-0.39, 0.29) is 5.57 Å². The van der Waals surface area contributed by atoms with Crippen molar-refractivity contribution >= 4 is 23.1 Å². The lowest BCUT2D eigenvalue weighted by Gasteiger charge is -1.98. The Bertz CT molecular complexity index is 605. The van der Waals surface area contributed by atoms with Crippen molar-refractivity contribution in [2.45, 2.75) is 0 Å². The van der Waals surface area contributed by atoms with Gasteiger partial charge in [-0.1, -0.05) is 36.4 Å². The molecule has 16 heavy (non-hydrogen) atoms. The highest BCUT2D eigenvalue weighted by molar-refractivity contribution is 5.90. The van der Waals surface area contributed by atoms with E-state index in [4.69, 9.17) is 5.26 Å². The molecular formula is C14H9NO. The molecule has 0 radical (unpaired) electrons. The van der Waals surface area contributed by atoms with Gasteiger partial charge in [-0.3, -0.25) is 4.79 Å². The molecule has 0 aliphatic heterocycles. The highest BCUT2D eigenvalue weighted by Crippen LogP contribution is 2.17. The molecule has 0 fully saturated rings. The Labute approximate surface area is 93.4 Å². The fraction of sp³-hybridized carbons (Fsp3) is 0. The van der Waals surface area contributed by atoms with E-state index in [1.54, 1.807) is 6.08 Å². The highest BCUT2D eigenvalue weighted by atomic mass is 16.1. The Kier molecular flexibility index (Phi) is 2.79. The molecule has 0 N–H and O–H groups in total. The van der Waals surface area contributed by atoms with Crippen LogP contribution in [0.25, 0.3) is 16.8 Å². The summed E-state index contributed by atoms with van der Waals surface area (Å²) in [4.78, 5) is 10.5. The van der Waals surface area contributed by atoms with Crippen LogP contribution in [0.15, 0.2) is 48.0 Å². The Balaban J connectivity index is 2.52. The van der Waals surface area contributed by atoms with Crippen LogP contribution in [0.3, 0.4) is 0 Å². The van der Waals surface area contributed by atoms with Gasteiger partial charge in [0.05, 0.1) is 5.57 Å². The summed E-state index contributed by atoms with van der Waals surface area (Å²) in [6.07, 6.45) is 2.15. The van der Waals surface area contributed by atoms with E-state index < -0.39 is 0 Å². The first-order valence-corrected chi connectivity index (χ1v) is 4.89. The Morgan fingerprint density at radius 3 is 2.56 bits per heavy atom. The molecule has 2 aromatic carbocycles. The number of benzene rings is 2. The van der Waals surface area contributed by atoms with Crippen molar-refractivity contribution in [1.29, 1.82) is 5.26 Å². The molecule has 2 nitrogen and oxygen atoms in total. The lowest BCUT2D eigenvalue weighted by Crippen LogP contribution is -1.81. The zero-order valence-corrected chi connectivity index (χ0v) is 8.55. The second-order valence-corrected chi connectivity index (χ2v) is 3.44. The zero-order valence-electron chi connectivity index (χ0n) is 8.55. The molecule has 0 heterocycles. The second-order valence-electron chi connectivity index (χ2n) is 3.44. The van der Waals surface area contributed by atoms with Crippen molar-refractivity contribution in [3.05, 3.63) is 53.6 Å². The molecule has 0 atom stereocenters. The van der Waals surface area contributed by atoms with Crippen molar-refractivity contribution in [2.24, 2.45) is 0 Å². The molecule has 76 valence electrons. The predicted octanol–water partition coefficient (Wildman–Crippen LogP) is 2.95. The van der Waals surface area contributed by atoms with Crippen LogP contribution in [0, 0.1) is 11.3 Å². The van der Waals surface area contributed by atoms with Gasteiger partial charge in [0.1, 0.15) is 6.07 Å². The van der Waals surface area contributed by atoms with E-state index in [1.807, 2.05) is 48.5 Å². The van der Waals surface area contributed by atoms with Crippen LogP contribution in [0.5, 0.6) is 0 Å². The summed E-state index contributed by atoms with van der Waals surface area (Å²) in [5, 5.41) is 10.9. The van der Waals surface area contributed by atoms with Gasteiger partial charge in [-0.25, -0.2) is 0 Å². The summed E-state index contributed by atoms with van der Waals surface area (Å²) in [7, 11) is 0. The van der Waals surface area contributed by atoms with E-state index >= 15 is 0 Å². The van der Waals surface area contributed by atoms with Gasteiger partial charge in [0.25, 0.3) is 0 Å². The summed E-state index contributed by atoms with van der Waals surface area (Å²) < 4.78 is 0. The average Bonchev–Trinajstić information content (AvgIpc) is 2.35. The summed E-state index contributed by atoms with van der Waals surface area (Å²) in [5.74, 6) is 0. The summed E-state index contributed by atoms with van der Waals surface area (Å²) in [6.45, 7) is 0. The van der Waals surface area contributed by atoms with Crippen LogP contribution < -0.4 is 0 Å². The maximum atomic E-state index is 10.5. The van der Waals surface area contributed by atoms with Crippen LogP contribution >= 0.6 is 0 Å². The van der Waals surface area contributed by atoms with Gasteiger partial charge in [0, 0.05) is 0 Å². The minimum Gasteiger partial charge on any atom is -0.297 e.